The lowest BCUT2D eigenvalue weighted by Crippen LogP contribution is -2.41. The third kappa shape index (κ3) is 4.26. The second-order valence-electron chi connectivity index (χ2n) is 5.39. The maximum absolute atomic E-state index is 12.1. The number of hydrogen-bond donors (Lipinski definition) is 3. The second kappa shape index (κ2) is 6.55. The first-order chi connectivity index (χ1) is 9.88. The van der Waals surface area contributed by atoms with Gasteiger partial charge in [-0.1, -0.05) is 12.1 Å². The molecule has 1 aromatic rings. The Bertz CT molecular complexity index is 592. The summed E-state index contributed by atoms with van der Waals surface area (Å²) in [6, 6.07) is 6.08. The van der Waals surface area contributed by atoms with Gasteiger partial charge in [0.05, 0.1) is 16.9 Å². The van der Waals surface area contributed by atoms with Crippen LogP contribution in [0, 0.1) is 5.92 Å². The van der Waals surface area contributed by atoms with Gasteiger partial charge in [0.15, 0.2) is 0 Å². The van der Waals surface area contributed by atoms with Gasteiger partial charge in [-0.15, -0.1) is 0 Å². The molecule has 1 amide bonds. The Kier molecular flexibility index (Phi) is 4.97. The molecule has 0 spiro atoms. The Morgan fingerprint density at radius 1 is 1.38 bits per heavy atom. The van der Waals surface area contributed by atoms with E-state index in [1.807, 2.05) is 6.92 Å². The summed E-state index contributed by atoms with van der Waals surface area (Å²) in [7, 11) is -3.68. The number of rotatable bonds is 4. The number of carbonyl (C=O) groups is 1. The quantitative estimate of drug-likeness (QED) is 0.754. The van der Waals surface area contributed by atoms with Crippen molar-refractivity contribution in [2.75, 3.05) is 13.1 Å². The standard InChI is InChI=1S/C14H21N3O3S/c1-10(17-14(18)12-3-2-8-16-9-12)11-4-6-13(7-5-11)21(15,19)20/h4-7,10,12,16H,2-3,8-9H2,1H3,(H,17,18)(H2,15,19,20). The molecule has 0 bridgehead atoms. The minimum absolute atomic E-state index is 0.00453. The zero-order valence-electron chi connectivity index (χ0n) is 12.0. The van der Waals surface area contributed by atoms with Gasteiger partial charge >= 0.3 is 0 Å². The third-order valence-corrected chi connectivity index (χ3v) is 4.66. The lowest BCUT2D eigenvalue weighted by molar-refractivity contribution is -0.126. The SMILES string of the molecule is CC(NC(=O)C1CCCNC1)c1ccc(S(N)(=O)=O)cc1. The van der Waals surface area contributed by atoms with Crippen molar-refractivity contribution in [1.29, 1.82) is 0 Å². The van der Waals surface area contributed by atoms with Gasteiger partial charge in [-0.05, 0) is 44.0 Å². The molecule has 1 aliphatic heterocycles. The molecule has 0 aromatic heterocycles. The van der Waals surface area contributed by atoms with Gasteiger partial charge in [0.2, 0.25) is 15.9 Å². The van der Waals surface area contributed by atoms with E-state index in [1.165, 1.54) is 12.1 Å². The van der Waals surface area contributed by atoms with Gasteiger partial charge in [-0.2, -0.15) is 0 Å². The van der Waals surface area contributed by atoms with Gasteiger partial charge in [0, 0.05) is 6.54 Å². The first-order valence-electron chi connectivity index (χ1n) is 7.02. The molecule has 0 radical (unpaired) electrons. The Balaban J connectivity index is 1.99. The molecule has 2 rings (SSSR count). The fourth-order valence-electron chi connectivity index (χ4n) is 2.44. The first-order valence-corrected chi connectivity index (χ1v) is 8.56. The monoisotopic (exact) mass is 311 g/mol. The number of amides is 1. The molecule has 1 saturated heterocycles. The summed E-state index contributed by atoms with van der Waals surface area (Å²) in [4.78, 5) is 12.2. The van der Waals surface area contributed by atoms with Gasteiger partial charge in [-0.25, -0.2) is 13.6 Å². The van der Waals surface area contributed by atoms with E-state index in [4.69, 9.17) is 5.14 Å². The molecular formula is C14H21N3O3S. The zero-order valence-corrected chi connectivity index (χ0v) is 12.8. The smallest absolute Gasteiger partial charge is 0.238 e. The van der Waals surface area contributed by atoms with Gasteiger partial charge in [0.25, 0.3) is 0 Å². The summed E-state index contributed by atoms with van der Waals surface area (Å²) < 4.78 is 22.4. The highest BCUT2D eigenvalue weighted by Crippen LogP contribution is 2.17. The zero-order chi connectivity index (χ0) is 15.5. The van der Waals surface area contributed by atoms with Crippen LogP contribution in [0.5, 0.6) is 0 Å². The molecule has 1 fully saturated rings. The van der Waals surface area contributed by atoms with Crippen LogP contribution in [0.25, 0.3) is 0 Å². The van der Waals surface area contributed by atoms with Crippen molar-refractivity contribution in [3.8, 4) is 0 Å². The Morgan fingerprint density at radius 3 is 2.57 bits per heavy atom. The number of piperidine rings is 1. The Hall–Kier alpha value is -1.44. The van der Waals surface area contributed by atoms with Crippen molar-refractivity contribution in [1.82, 2.24) is 10.6 Å². The highest BCUT2D eigenvalue weighted by molar-refractivity contribution is 7.89. The van der Waals surface area contributed by atoms with Crippen molar-refractivity contribution < 1.29 is 13.2 Å². The van der Waals surface area contributed by atoms with E-state index >= 15 is 0 Å². The van der Waals surface area contributed by atoms with Crippen LogP contribution in [0.4, 0.5) is 0 Å². The maximum atomic E-state index is 12.1. The molecule has 1 aromatic carbocycles. The van der Waals surface area contributed by atoms with E-state index in [1.54, 1.807) is 12.1 Å². The van der Waals surface area contributed by atoms with Crippen LogP contribution < -0.4 is 15.8 Å². The van der Waals surface area contributed by atoms with Crippen LogP contribution in [0.3, 0.4) is 0 Å². The number of hydrogen-bond acceptors (Lipinski definition) is 4. The minimum atomic E-state index is -3.68. The molecule has 6 nitrogen and oxygen atoms in total. The molecule has 0 aliphatic carbocycles. The third-order valence-electron chi connectivity index (χ3n) is 3.74. The molecule has 7 heteroatoms. The number of nitrogens with one attached hydrogen (secondary N) is 2. The van der Waals surface area contributed by atoms with Crippen molar-refractivity contribution in [3.63, 3.8) is 0 Å². The Morgan fingerprint density at radius 2 is 2.05 bits per heavy atom. The fourth-order valence-corrected chi connectivity index (χ4v) is 2.95. The summed E-state index contributed by atoms with van der Waals surface area (Å²) in [6.07, 6.45) is 1.91. The van der Waals surface area contributed by atoms with Crippen LogP contribution in [0.2, 0.25) is 0 Å². The number of benzene rings is 1. The lowest BCUT2D eigenvalue weighted by atomic mass is 9.98. The molecule has 1 aliphatic rings. The van der Waals surface area contributed by atoms with Crippen LogP contribution in [0.15, 0.2) is 29.2 Å². The van der Waals surface area contributed by atoms with Crippen molar-refractivity contribution >= 4 is 15.9 Å². The molecular weight excluding hydrogens is 290 g/mol. The van der Waals surface area contributed by atoms with Gasteiger partial charge in [0.1, 0.15) is 0 Å². The van der Waals surface area contributed by atoms with Gasteiger partial charge < -0.3 is 10.6 Å². The fraction of sp³-hybridized carbons (Fsp3) is 0.500. The Labute approximate surface area is 125 Å². The molecule has 2 unspecified atom stereocenters. The van der Waals surface area contributed by atoms with Crippen LogP contribution in [-0.4, -0.2) is 27.4 Å². The minimum Gasteiger partial charge on any atom is -0.349 e. The molecule has 21 heavy (non-hydrogen) atoms. The highest BCUT2D eigenvalue weighted by atomic mass is 32.2. The summed E-state index contributed by atoms with van der Waals surface area (Å²) in [5.41, 5.74) is 0.847. The summed E-state index contributed by atoms with van der Waals surface area (Å²) in [5, 5.41) is 11.2. The average Bonchev–Trinajstić information content (AvgIpc) is 2.47. The van der Waals surface area contributed by atoms with Crippen molar-refractivity contribution in [3.05, 3.63) is 29.8 Å². The van der Waals surface area contributed by atoms with E-state index in [2.05, 4.69) is 10.6 Å². The normalized spacial score (nSPS) is 20.8. The van der Waals surface area contributed by atoms with E-state index in [0.29, 0.717) is 6.54 Å². The number of primary sulfonamides is 1. The van der Waals surface area contributed by atoms with Crippen molar-refractivity contribution in [2.45, 2.75) is 30.7 Å². The first kappa shape index (κ1) is 15.9. The number of carbonyl (C=O) groups excluding carboxylic acids is 1. The predicted octanol–water partition coefficient (Wildman–Crippen LogP) is 0.511. The average molecular weight is 311 g/mol. The largest absolute Gasteiger partial charge is 0.349 e. The predicted molar refractivity (Wildman–Crippen MR) is 80.0 cm³/mol. The van der Waals surface area contributed by atoms with E-state index in [9.17, 15) is 13.2 Å². The molecule has 2 atom stereocenters. The number of sulfonamides is 1. The number of nitrogens with two attached hydrogens (primary N) is 1. The summed E-state index contributed by atoms with van der Waals surface area (Å²) in [6.45, 7) is 3.55. The lowest BCUT2D eigenvalue weighted by Gasteiger charge is -2.24. The van der Waals surface area contributed by atoms with Gasteiger partial charge in [-0.3, -0.25) is 4.79 Å². The van der Waals surface area contributed by atoms with E-state index < -0.39 is 10.0 Å². The van der Waals surface area contributed by atoms with E-state index in [0.717, 1.165) is 24.9 Å². The van der Waals surface area contributed by atoms with Crippen LogP contribution in [-0.2, 0) is 14.8 Å². The summed E-state index contributed by atoms with van der Waals surface area (Å²) in [5.74, 6) is 0.0371. The topological polar surface area (TPSA) is 101 Å². The van der Waals surface area contributed by atoms with Crippen molar-refractivity contribution in [2.24, 2.45) is 11.1 Å². The van der Waals surface area contributed by atoms with Crippen LogP contribution in [0.1, 0.15) is 31.4 Å². The maximum Gasteiger partial charge on any atom is 0.238 e. The molecule has 1 heterocycles. The summed E-state index contributed by atoms with van der Waals surface area (Å²) >= 11 is 0. The highest BCUT2D eigenvalue weighted by Gasteiger charge is 2.22. The second-order valence-corrected chi connectivity index (χ2v) is 6.95. The molecule has 4 N–H and O–H groups in total. The van der Waals surface area contributed by atoms with E-state index in [-0.39, 0.29) is 22.8 Å². The molecule has 0 saturated carbocycles. The molecule has 116 valence electrons. The van der Waals surface area contributed by atoms with Crippen LogP contribution >= 0.6 is 0 Å².